The predicted octanol–water partition coefficient (Wildman–Crippen LogP) is 3.87. The average molecular weight is 538 g/mol. The van der Waals surface area contributed by atoms with Gasteiger partial charge in [-0.3, -0.25) is 19.4 Å². The molecule has 0 radical (unpaired) electrons. The normalized spacial score (nSPS) is 12.3. The van der Waals surface area contributed by atoms with Gasteiger partial charge in [-0.1, -0.05) is 51.0 Å². The quantitative estimate of drug-likeness (QED) is 0.150. The molecule has 0 saturated carbocycles. The Morgan fingerprint density at radius 2 is 2.00 bits per heavy atom. The second kappa shape index (κ2) is 18.1. The van der Waals surface area contributed by atoms with E-state index in [0.717, 1.165) is 55.0 Å². The maximum absolute atomic E-state index is 12.4. The summed E-state index contributed by atoms with van der Waals surface area (Å²) in [7, 11) is 2.07. The molecule has 9 nitrogen and oxygen atoms in total. The minimum Gasteiger partial charge on any atom is -0.369 e. The highest BCUT2D eigenvalue weighted by Gasteiger charge is 2.21. The number of primary amides is 1. The Bertz CT molecular complexity index is 1040. The van der Waals surface area contributed by atoms with E-state index in [2.05, 4.69) is 40.7 Å². The average Bonchev–Trinajstić information content (AvgIpc) is 3.44. The molecule has 0 fully saturated rings. The molecule has 0 saturated heterocycles. The summed E-state index contributed by atoms with van der Waals surface area (Å²) in [5.74, 6) is 0.409. The van der Waals surface area contributed by atoms with E-state index < -0.39 is 0 Å². The number of nitrogens with zero attached hydrogens (tertiary/aromatic N) is 3. The van der Waals surface area contributed by atoms with E-state index >= 15 is 0 Å². The van der Waals surface area contributed by atoms with Crippen LogP contribution in [-0.4, -0.2) is 71.4 Å². The molecule has 9 heteroatoms. The smallest absolute Gasteiger partial charge is 0.248 e. The summed E-state index contributed by atoms with van der Waals surface area (Å²) in [6, 6.07) is 5.95. The fraction of sp³-hybridized carbons (Fsp3) is 0.500. The van der Waals surface area contributed by atoms with Crippen molar-refractivity contribution in [2.24, 2.45) is 11.5 Å². The maximum atomic E-state index is 12.4. The zero-order chi connectivity index (χ0) is 28.5. The number of imidazole rings is 1. The molecule has 2 aromatic rings. The van der Waals surface area contributed by atoms with Gasteiger partial charge in [0.05, 0.1) is 12.6 Å². The number of carbonyl (C=O) groups is 2. The van der Waals surface area contributed by atoms with E-state index in [0.29, 0.717) is 19.5 Å². The fourth-order valence-corrected chi connectivity index (χ4v) is 4.61. The zero-order valence-corrected chi connectivity index (χ0v) is 23.7. The molecular formula is C30H47N7O2. The van der Waals surface area contributed by atoms with Gasteiger partial charge in [0, 0.05) is 31.2 Å². The molecule has 1 aromatic heterocycles. The van der Waals surface area contributed by atoms with Crippen molar-refractivity contribution in [3.05, 3.63) is 66.3 Å². The first-order valence-corrected chi connectivity index (χ1v) is 14.0. The number of allylic oxidation sites excluding steroid dienone is 1. The molecule has 1 atom stereocenters. The standard InChI is InChI=1S/C30H47N7O2/c1-4-6-7-8-9-10-12-29(39)35-26-14-13-25(24(5-2)21-26)22-27(30-33-16-17-34-30)36(3)18-11-19-37(20-15-31)23-28(32)38/h5,10,12-14,16-17,21,27H,2,4,6-9,11,15,18-20,22-23,31H2,1,3H3,(H2,32,38)(H,33,34)(H,35,39)/b12-10+. The number of amides is 2. The van der Waals surface area contributed by atoms with Gasteiger partial charge in [-0.05, 0) is 75.2 Å². The van der Waals surface area contributed by atoms with Crippen molar-refractivity contribution in [2.75, 3.05) is 45.1 Å². The van der Waals surface area contributed by atoms with Gasteiger partial charge in [0.2, 0.25) is 11.8 Å². The van der Waals surface area contributed by atoms with Crippen molar-refractivity contribution < 1.29 is 9.59 Å². The van der Waals surface area contributed by atoms with E-state index in [9.17, 15) is 9.59 Å². The van der Waals surface area contributed by atoms with Gasteiger partial charge in [0.25, 0.3) is 0 Å². The summed E-state index contributed by atoms with van der Waals surface area (Å²) in [6.07, 6.45) is 16.2. The Kier molecular flexibility index (Phi) is 14.8. The van der Waals surface area contributed by atoms with Gasteiger partial charge < -0.3 is 21.8 Å². The van der Waals surface area contributed by atoms with Crippen molar-refractivity contribution in [1.29, 1.82) is 0 Å². The van der Waals surface area contributed by atoms with Crippen LogP contribution in [0, 0.1) is 0 Å². The number of aromatic nitrogens is 2. The number of aromatic amines is 1. The lowest BCUT2D eigenvalue weighted by atomic mass is 9.98. The molecule has 6 N–H and O–H groups in total. The van der Waals surface area contributed by atoms with Crippen molar-refractivity contribution in [3.63, 3.8) is 0 Å². The molecule has 1 unspecified atom stereocenters. The van der Waals surface area contributed by atoms with Crippen molar-refractivity contribution in [2.45, 2.75) is 57.9 Å². The Morgan fingerprint density at radius 3 is 2.67 bits per heavy atom. The number of nitrogens with one attached hydrogen (secondary N) is 2. The third-order valence-corrected chi connectivity index (χ3v) is 6.72. The number of anilines is 1. The van der Waals surface area contributed by atoms with E-state index in [-0.39, 0.29) is 24.4 Å². The topological polar surface area (TPSA) is 133 Å². The summed E-state index contributed by atoms with van der Waals surface area (Å²) in [5, 5.41) is 2.96. The monoisotopic (exact) mass is 537 g/mol. The summed E-state index contributed by atoms with van der Waals surface area (Å²) in [5.41, 5.74) is 13.9. The molecule has 2 rings (SSSR count). The predicted molar refractivity (Wildman–Crippen MR) is 160 cm³/mol. The first-order valence-electron chi connectivity index (χ1n) is 14.0. The summed E-state index contributed by atoms with van der Waals surface area (Å²) in [4.78, 5) is 35.8. The van der Waals surface area contributed by atoms with Crippen LogP contribution in [0.1, 0.15) is 68.4 Å². The Morgan fingerprint density at radius 1 is 1.18 bits per heavy atom. The zero-order valence-electron chi connectivity index (χ0n) is 23.7. The molecule has 0 aliphatic carbocycles. The molecule has 1 heterocycles. The minimum absolute atomic E-state index is 0.00822. The summed E-state index contributed by atoms with van der Waals surface area (Å²) < 4.78 is 0. The number of rotatable bonds is 20. The molecule has 0 bridgehead atoms. The van der Waals surface area contributed by atoms with E-state index in [1.807, 2.05) is 41.4 Å². The second-order valence-electron chi connectivity index (χ2n) is 9.92. The number of nitrogens with two attached hydrogens (primary N) is 2. The van der Waals surface area contributed by atoms with Crippen LogP contribution in [0.5, 0.6) is 0 Å². The molecule has 214 valence electrons. The first kappa shape index (κ1) is 31.9. The summed E-state index contributed by atoms with van der Waals surface area (Å²) in [6.45, 7) is 9.05. The highest BCUT2D eigenvalue weighted by Crippen LogP contribution is 2.26. The van der Waals surface area contributed by atoms with Crippen LogP contribution in [0.15, 0.2) is 49.3 Å². The van der Waals surface area contributed by atoms with Crippen LogP contribution < -0.4 is 16.8 Å². The highest BCUT2D eigenvalue weighted by molar-refractivity contribution is 5.99. The molecular weight excluding hydrogens is 490 g/mol. The third kappa shape index (κ3) is 12.0. The van der Waals surface area contributed by atoms with Crippen molar-refractivity contribution in [3.8, 4) is 0 Å². The third-order valence-electron chi connectivity index (χ3n) is 6.72. The van der Waals surface area contributed by atoms with Gasteiger partial charge in [0.15, 0.2) is 0 Å². The fourth-order valence-electron chi connectivity index (χ4n) is 4.61. The number of benzene rings is 1. The molecule has 39 heavy (non-hydrogen) atoms. The van der Waals surface area contributed by atoms with Crippen LogP contribution in [0.25, 0.3) is 6.08 Å². The van der Waals surface area contributed by atoms with Crippen molar-refractivity contribution >= 4 is 23.6 Å². The lowest BCUT2D eigenvalue weighted by Gasteiger charge is -2.28. The highest BCUT2D eigenvalue weighted by atomic mass is 16.1. The number of hydrogen-bond donors (Lipinski definition) is 4. The van der Waals surface area contributed by atoms with Gasteiger partial charge in [-0.2, -0.15) is 0 Å². The Balaban J connectivity index is 2.03. The number of hydrogen-bond acceptors (Lipinski definition) is 6. The van der Waals surface area contributed by atoms with Crippen molar-refractivity contribution in [1.82, 2.24) is 19.8 Å². The van der Waals surface area contributed by atoms with Crippen LogP contribution in [-0.2, 0) is 16.0 Å². The van der Waals surface area contributed by atoms with E-state index in [1.54, 1.807) is 12.3 Å². The lowest BCUT2D eigenvalue weighted by molar-refractivity contribution is -0.119. The Hall–Kier alpha value is -3.27. The second-order valence-corrected chi connectivity index (χ2v) is 9.92. The maximum Gasteiger partial charge on any atom is 0.248 e. The lowest BCUT2D eigenvalue weighted by Crippen LogP contribution is -2.39. The van der Waals surface area contributed by atoms with Crippen LogP contribution in [0.3, 0.4) is 0 Å². The number of H-pyrrole nitrogens is 1. The minimum atomic E-state index is -0.347. The van der Waals surface area contributed by atoms with Crippen LogP contribution >= 0.6 is 0 Å². The molecule has 0 spiro atoms. The SMILES string of the molecule is C=Cc1cc(NC(=O)/C=C/CCCCCC)ccc1CC(c1ncc[nH]1)N(C)CCCN(CCN)CC(N)=O. The summed E-state index contributed by atoms with van der Waals surface area (Å²) >= 11 is 0. The van der Waals surface area contributed by atoms with Crippen LogP contribution in [0.2, 0.25) is 0 Å². The number of likely N-dealkylation sites (N-methyl/N-ethyl adjacent to an activating group) is 1. The van der Waals surface area contributed by atoms with E-state index in [4.69, 9.17) is 11.5 Å². The van der Waals surface area contributed by atoms with Gasteiger partial charge >= 0.3 is 0 Å². The van der Waals surface area contributed by atoms with E-state index in [1.165, 1.54) is 19.3 Å². The molecule has 0 aliphatic heterocycles. The molecule has 0 aliphatic rings. The van der Waals surface area contributed by atoms with Gasteiger partial charge in [-0.15, -0.1) is 0 Å². The van der Waals surface area contributed by atoms with Crippen LogP contribution in [0.4, 0.5) is 5.69 Å². The number of carbonyl (C=O) groups excluding carboxylic acids is 2. The molecule has 2 amide bonds. The largest absolute Gasteiger partial charge is 0.369 e. The van der Waals surface area contributed by atoms with Gasteiger partial charge in [-0.25, -0.2) is 4.98 Å². The number of unbranched alkanes of at least 4 members (excludes halogenated alkanes) is 4. The Labute approximate surface area is 233 Å². The first-order chi connectivity index (χ1) is 18.9. The van der Waals surface area contributed by atoms with Gasteiger partial charge in [0.1, 0.15) is 5.82 Å². The molecule has 1 aromatic carbocycles.